The molecule has 2 aromatic carbocycles. The Labute approximate surface area is 132 Å². The van der Waals surface area contributed by atoms with Gasteiger partial charge in [0.25, 0.3) is 0 Å². The van der Waals surface area contributed by atoms with Gasteiger partial charge in [0.15, 0.2) is 0 Å². The average Bonchev–Trinajstić information content (AvgIpc) is 2.54. The standard InChI is InChI=1S/C19H24FNO/c1-15(13-16-7-9-19(20)10-8-16)21-14-18(11-12-22)17-5-3-2-4-6-17/h2-10,15,18,21-22H,11-14H2,1H3. The first kappa shape index (κ1) is 16.7. The molecule has 0 bridgehead atoms. The van der Waals surface area contributed by atoms with Crippen molar-refractivity contribution in [1.29, 1.82) is 0 Å². The Bertz CT molecular complexity index is 541. The van der Waals surface area contributed by atoms with E-state index in [1.54, 1.807) is 0 Å². The highest BCUT2D eigenvalue weighted by atomic mass is 19.1. The van der Waals surface area contributed by atoms with Crippen molar-refractivity contribution in [3.63, 3.8) is 0 Å². The van der Waals surface area contributed by atoms with Gasteiger partial charge in [-0.3, -0.25) is 0 Å². The summed E-state index contributed by atoms with van der Waals surface area (Å²) in [6.45, 7) is 3.14. The topological polar surface area (TPSA) is 32.3 Å². The highest BCUT2D eigenvalue weighted by molar-refractivity contribution is 5.20. The summed E-state index contributed by atoms with van der Waals surface area (Å²) in [5, 5.41) is 12.8. The normalized spacial score (nSPS) is 13.8. The third-order valence-corrected chi connectivity index (χ3v) is 3.92. The van der Waals surface area contributed by atoms with Gasteiger partial charge in [-0.1, -0.05) is 42.5 Å². The molecule has 2 nitrogen and oxygen atoms in total. The minimum absolute atomic E-state index is 0.188. The summed E-state index contributed by atoms with van der Waals surface area (Å²) in [6, 6.07) is 17.2. The Hall–Kier alpha value is -1.71. The Morgan fingerprint density at radius 3 is 2.36 bits per heavy atom. The smallest absolute Gasteiger partial charge is 0.123 e. The molecule has 22 heavy (non-hydrogen) atoms. The first-order chi connectivity index (χ1) is 10.7. The zero-order chi connectivity index (χ0) is 15.8. The fraction of sp³-hybridized carbons (Fsp3) is 0.368. The number of nitrogens with one attached hydrogen (secondary N) is 1. The summed E-state index contributed by atoms with van der Waals surface area (Å²) >= 11 is 0. The van der Waals surface area contributed by atoms with E-state index in [-0.39, 0.29) is 12.4 Å². The molecule has 2 rings (SSSR count). The van der Waals surface area contributed by atoms with E-state index in [2.05, 4.69) is 24.4 Å². The lowest BCUT2D eigenvalue weighted by Crippen LogP contribution is -2.32. The highest BCUT2D eigenvalue weighted by Gasteiger charge is 2.12. The number of aliphatic hydroxyl groups is 1. The monoisotopic (exact) mass is 301 g/mol. The van der Waals surface area contributed by atoms with Gasteiger partial charge >= 0.3 is 0 Å². The van der Waals surface area contributed by atoms with Crippen molar-refractivity contribution in [2.75, 3.05) is 13.2 Å². The first-order valence-corrected chi connectivity index (χ1v) is 7.82. The van der Waals surface area contributed by atoms with Crippen LogP contribution in [0.5, 0.6) is 0 Å². The number of halogens is 1. The first-order valence-electron chi connectivity index (χ1n) is 7.82. The second-order valence-electron chi connectivity index (χ2n) is 5.76. The maximum Gasteiger partial charge on any atom is 0.123 e. The van der Waals surface area contributed by atoms with Crippen LogP contribution in [-0.2, 0) is 6.42 Å². The van der Waals surface area contributed by atoms with E-state index < -0.39 is 0 Å². The Kier molecular flexibility index (Phi) is 6.56. The van der Waals surface area contributed by atoms with Crippen LogP contribution in [0, 0.1) is 5.82 Å². The third-order valence-electron chi connectivity index (χ3n) is 3.92. The van der Waals surface area contributed by atoms with Crippen molar-refractivity contribution in [3.05, 3.63) is 71.5 Å². The van der Waals surface area contributed by atoms with Crippen LogP contribution in [0.15, 0.2) is 54.6 Å². The molecule has 0 spiro atoms. The highest BCUT2D eigenvalue weighted by Crippen LogP contribution is 2.18. The van der Waals surface area contributed by atoms with E-state index >= 15 is 0 Å². The quantitative estimate of drug-likeness (QED) is 0.782. The van der Waals surface area contributed by atoms with Gasteiger partial charge in [0.05, 0.1) is 0 Å². The minimum Gasteiger partial charge on any atom is -0.396 e. The zero-order valence-corrected chi connectivity index (χ0v) is 13.0. The average molecular weight is 301 g/mol. The van der Waals surface area contributed by atoms with Crippen molar-refractivity contribution >= 4 is 0 Å². The van der Waals surface area contributed by atoms with Gasteiger partial charge in [-0.2, -0.15) is 0 Å². The Balaban J connectivity index is 1.87. The zero-order valence-electron chi connectivity index (χ0n) is 13.0. The van der Waals surface area contributed by atoms with Gasteiger partial charge in [0, 0.05) is 19.2 Å². The molecule has 0 fully saturated rings. The number of benzene rings is 2. The van der Waals surface area contributed by atoms with Crippen LogP contribution in [0.25, 0.3) is 0 Å². The number of rotatable bonds is 8. The fourth-order valence-corrected chi connectivity index (χ4v) is 2.66. The molecule has 0 aromatic heterocycles. The van der Waals surface area contributed by atoms with Crippen LogP contribution in [0.1, 0.15) is 30.4 Å². The van der Waals surface area contributed by atoms with Crippen LogP contribution in [0.2, 0.25) is 0 Å². The largest absolute Gasteiger partial charge is 0.396 e. The van der Waals surface area contributed by atoms with Crippen molar-refractivity contribution < 1.29 is 9.50 Å². The lowest BCUT2D eigenvalue weighted by Gasteiger charge is -2.21. The summed E-state index contributed by atoms with van der Waals surface area (Å²) in [7, 11) is 0. The summed E-state index contributed by atoms with van der Waals surface area (Å²) in [5.74, 6) is 0.110. The van der Waals surface area contributed by atoms with Crippen LogP contribution >= 0.6 is 0 Å². The second-order valence-corrected chi connectivity index (χ2v) is 5.76. The Morgan fingerprint density at radius 1 is 1.05 bits per heavy atom. The molecule has 0 amide bonds. The molecule has 2 unspecified atom stereocenters. The SMILES string of the molecule is CC(Cc1ccc(F)cc1)NCC(CCO)c1ccccc1. The third kappa shape index (κ3) is 5.24. The summed E-state index contributed by atoms with van der Waals surface area (Å²) in [5.41, 5.74) is 2.37. The van der Waals surface area contributed by atoms with E-state index in [1.165, 1.54) is 17.7 Å². The molecular formula is C19H24FNO. The number of hydrogen-bond acceptors (Lipinski definition) is 2. The second kappa shape index (κ2) is 8.66. The lowest BCUT2D eigenvalue weighted by atomic mass is 9.95. The molecule has 0 aliphatic carbocycles. The van der Waals surface area contributed by atoms with E-state index in [0.717, 1.165) is 24.9 Å². The lowest BCUT2D eigenvalue weighted by molar-refractivity contribution is 0.272. The molecule has 118 valence electrons. The molecule has 3 heteroatoms. The molecular weight excluding hydrogens is 277 g/mol. The van der Waals surface area contributed by atoms with Crippen molar-refractivity contribution in [2.24, 2.45) is 0 Å². The molecule has 0 aliphatic rings. The van der Waals surface area contributed by atoms with Crippen molar-refractivity contribution in [2.45, 2.75) is 31.7 Å². The summed E-state index contributed by atoms with van der Waals surface area (Å²) < 4.78 is 12.9. The minimum atomic E-state index is -0.198. The summed E-state index contributed by atoms with van der Waals surface area (Å²) in [6.07, 6.45) is 1.61. The Morgan fingerprint density at radius 2 is 1.73 bits per heavy atom. The van der Waals surface area contributed by atoms with Crippen LogP contribution in [-0.4, -0.2) is 24.3 Å². The van der Waals surface area contributed by atoms with Crippen LogP contribution < -0.4 is 5.32 Å². The molecule has 0 aliphatic heterocycles. The predicted octanol–water partition coefficient (Wildman–Crippen LogP) is 3.51. The molecule has 2 aromatic rings. The molecule has 0 heterocycles. The molecule has 0 saturated carbocycles. The van der Waals surface area contributed by atoms with E-state index in [4.69, 9.17) is 0 Å². The predicted molar refractivity (Wildman–Crippen MR) is 88.5 cm³/mol. The van der Waals surface area contributed by atoms with Gasteiger partial charge in [-0.25, -0.2) is 4.39 Å². The van der Waals surface area contributed by atoms with Gasteiger partial charge in [-0.15, -0.1) is 0 Å². The molecule has 0 radical (unpaired) electrons. The molecule has 2 N–H and O–H groups in total. The van der Waals surface area contributed by atoms with Gasteiger partial charge in [0.1, 0.15) is 5.82 Å². The number of hydrogen-bond donors (Lipinski definition) is 2. The van der Waals surface area contributed by atoms with Gasteiger partial charge in [0.2, 0.25) is 0 Å². The van der Waals surface area contributed by atoms with Crippen molar-refractivity contribution in [1.82, 2.24) is 5.32 Å². The van der Waals surface area contributed by atoms with Crippen LogP contribution in [0.4, 0.5) is 4.39 Å². The van der Waals surface area contributed by atoms with Gasteiger partial charge < -0.3 is 10.4 Å². The van der Waals surface area contributed by atoms with E-state index in [1.807, 2.05) is 30.3 Å². The summed E-state index contributed by atoms with van der Waals surface area (Å²) in [4.78, 5) is 0. The molecule has 0 saturated heterocycles. The molecule has 2 atom stereocenters. The van der Waals surface area contributed by atoms with E-state index in [0.29, 0.717) is 12.0 Å². The maximum atomic E-state index is 12.9. The van der Waals surface area contributed by atoms with Crippen molar-refractivity contribution in [3.8, 4) is 0 Å². The fourth-order valence-electron chi connectivity index (χ4n) is 2.66. The maximum absolute atomic E-state index is 12.9. The van der Waals surface area contributed by atoms with Gasteiger partial charge in [-0.05, 0) is 48.9 Å². The van der Waals surface area contributed by atoms with E-state index in [9.17, 15) is 9.50 Å². The van der Waals surface area contributed by atoms with Crippen LogP contribution in [0.3, 0.4) is 0 Å². The number of aliphatic hydroxyl groups excluding tert-OH is 1.